The summed E-state index contributed by atoms with van der Waals surface area (Å²) in [5.41, 5.74) is 3.97. The number of carbonyl (C=O) groups excluding carboxylic acids is 1. The van der Waals surface area contributed by atoms with E-state index in [9.17, 15) is 13.6 Å². The highest BCUT2D eigenvalue weighted by Gasteiger charge is 2.61. The normalized spacial score (nSPS) is 23.2. The number of alkyl halides is 2. The number of aromatic nitrogens is 4. The number of hydrogen-bond acceptors (Lipinski definition) is 9. The number of nitrogens with one attached hydrogen (secondary N) is 3. The Morgan fingerprint density at radius 2 is 2.00 bits per heavy atom. The third-order valence-corrected chi connectivity index (χ3v) is 11.2. The number of carbonyl (C=O) groups is 1. The zero-order valence-corrected chi connectivity index (χ0v) is 27.8. The van der Waals surface area contributed by atoms with Crippen molar-refractivity contribution in [2.45, 2.75) is 56.7 Å². The van der Waals surface area contributed by atoms with E-state index in [4.69, 9.17) is 9.84 Å². The molecule has 11 nitrogen and oxygen atoms in total. The van der Waals surface area contributed by atoms with Gasteiger partial charge in [-0.1, -0.05) is 12.1 Å². The van der Waals surface area contributed by atoms with Crippen molar-refractivity contribution < 1.29 is 22.7 Å². The van der Waals surface area contributed by atoms with Gasteiger partial charge in [-0.25, -0.2) is 22.7 Å². The molecule has 0 radical (unpaired) electrons. The number of piperidine rings is 1. The molecule has 0 unspecified atom stereocenters. The van der Waals surface area contributed by atoms with Crippen molar-refractivity contribution in [3.05, 3.63) is 65.4 Å². The summed E-state index contributed by atoms with van der Waals surface area (Å²) in [6, 6.07) is 8.82. The second kappa shape index (κ2) is 12.0. The molecule has 4 aliphatic rings. The predicted octanol–water partition coefficient (Wildman–Crippen LogP) is 4.57. The average Bonchev–Trinajstić information content (AvgIpc) is 3.70. The number of ether oxygens (including phenoxy) is 1. The van der Waals surface area contributed by atoms with Crippen molar-refractivity contribution in [2.75, 3.05) is 57.1 Å². The van der Waals surface area contributed by atoms with Crippen LogP contribution in [0.5, 0.6) is 0 Å². The van der Waals surface area contributed by atoms with Crippen LogP contribution in [-0.2, 0) is 11.2 Å². The first kappa shape index (κ1) is 32.0. The van der Waals surface area contributed by atoms with Crippen molar-refractivity contribution in [1.82, 2.24) is 35.1 Å². The van der Waals surface area contributed by atoms with Crippen molar-refractivity contribution >= 4 is 28.7 Å². The Labute approximate surface area is 282 Å². The number of pyridine rings is 1. The Bertz CT molecular complexity index is 1930. The number of nitrogens with zero attached hydrogens (tertiary/aromatic N) is 6. The smallest absolute Gasteiger partial charge is 0.271 e. The first-order valence-corrected chi connectivity index (χ1v) is 16.9. The van der Waals surface area contributed by atoms with E-state index in [0.717, 1.165) is 24.1 Å². The third kappa shape index (κ3) is 5.14. The summed E-state index contributed by atoms with van der Waals surface area (Å²) in [5.74, 6) is -2.87. The molecule has 4 aromatic rings. The highest BCUT2D eigenvalue weighted by atomic mass is 19.3. The van der Waals surface area contributed by atoms with Crippen LogP contribution in [0.4, 0.5) is 30.4 Å². The van der Waals surface area contributed by atoms with Crippen LogP contribution in [0.1, 0.15) is 53.8 Å². The van der Waals surface area contributed by atoms with Gasteiger partial charge in [0, 0.05) is 63.3 Å². The summed E-state index contributed by atoms with van der Waals surface area (Å²) in [4.78, 5) is 26.4. The molecule has 3 fully saturated rings. The standard InChI is InChI=1S/C35H40F3N9O2/c1-20(45-18-34(19-45)10-11-40-17-35(34,37)38)21-13-24(36)31(41-15-21)23-5-4-6-27-22(23)9-12-46(27)30-14-26(39-2)32-42-16-28(47(32)44-30)33(48)43-25-7-8-29(25)49-3/h4-6,13-16,20,25,29,39-40H,7-12,17-19H2,1-3H3,(H,43,48)/t20-,25-,29-/m1/s1. The molecular weight excluding hydrogens is 635 g/mol. The van der Waals surface area contributed by atoms with Crippen molar-refractivity contribution in [3.8, 4) is 11.3 Å². The summed E-state index contributed by atoms with van der Waals surface area (Å²) in [6.07, 6.45) is 6.01. The van der Waals surface area contributed by atoms with Gasteiger partial charge in [0.25, 0.3) is 11.8 Å². The number of methoxy groups -OCH3 is 1. The highest BCUT2D eigenvalue weighted by molar-refractivity contribution is 5.94. The second-order valence-electron chi connectivity index (χ2n) is 13.8. The van der Waals surface area contributed by atoms with Crippen LogP contribution in [0.15, 0.2) is 42.7 Å². The topological polar surface area (TPSA) is 112 Å². The first-order chi connectivity index (χ1) is 23.6. The van der Waals surface area contributed by atoms with Crippen LogP contribution >= 0.6 is 0 Å². The number of imidazole rings is 1. The molecule has 14 heteroatoms. The van der Waals surface area contributed by atoms with Crippen molar-refractivity contribution in [3.63, 3.8) is 0 Å². The van der Waals surface area contributed by atoms with Gasteiger partial charge in [-0.05, 0) is 62.4 Å². The van der Waals surface area contributed by atoms with Gasteiger partial charge in [0.05, 0.1) is 36.0 Å². The summed E-state index contributed by atoms with van der Waals surface area (Å²) < 4.78 is 52.3. The van der Waals surface area contributed by atoms with Gasteiger partial charge >= 0.3 is 0 Å². The number of rotatable bonds is 8. The zero-order valence-electron chi connectivity index (χ0n) is 27.8. The van der Waals surface area contributed by atoms with E-state index in [1.165, 1.54) is 12.3 Å². The molecule has 1 saturated carbocycles. The maximum absolute atomic E-state index is 15.9. The lowest BCUT2D eigenvalue weighted by Gasteiger charge is -2.57. The Balaban J connectivity index is 1.05. The lowest BCUT2D eigenvalue weighted by atomic mass is 9.69. The molecule has 2 saturated heterocycles. The summed E-state index contributed by atoms with van der Waals surface area (Å²) in [5, 5.41) is 13.9. The van der Waals surface area contributed by atoms with Crippen molar-refractivity contribution in [1.29, 1.82) is 0 Å². The van der Waals surface area contributed by atoms with Gasteiger partial charge in [0.15, 0.2) is 17.2 Å². The molecule has 3 aliphatic heterocycles. The maximum atomic E-state index is 15.9. The molecule has 6 heterocycles. The summed E-state index contributed by atoms with van der Waals surface area (Å²) in [6.45, 7) is 3.36. The van der Waals surface area contributed by atoms with Crippen LogP contribution in [0.3, 0.4) is 0 Å². The van der Waals surface area contributed by atoms with E-state index >= 15 is 4.39 Å². The number of halogens is 3. The Kier molecular flexibility index (Phi) is 7.80. The van der Waals surface area contributed by atoms with Gasteiger partial charge in [-0.2, -0.15) is 0 Å². The monoisotopic (exact) mass is 675 g/mol. The Morgan fingerprint density at radius 3 is 2.71 bits per heavy atom. The van der Waals surface area contributed by atoms with Gasteiger partial charge < -0.3 is 25.6 Å². The lowest BCUT2D eigenvalue weighted by Crippen LogP contribution is -2.69. The average molecular weight is 676 g/mol. The number of benzene rings is 1. The quantitative estimate of drug-likeness (QED) is 0.248. The fourth-order valence-electron chi connectivity index (χ4n) is 7.91. The molecule has 1 amide bonds. The fourth-order valence-corrected chi connectivity index (χ4v) is 7.91. The van der Waals surface area contributed by atoms with Crippen molar-refractivity contribution in [2.24, 2.45) is 5.41 Å². The number of fused-ring (bicyclic) bond motifs is 2. The molecule has 258 valence electrons. The minimum atomic E-state index is -2.76. The molecule has 0 bridgehead atoms. The van der Waals surface area contributed by atoms with E-state index < -0.39 is 17.2 Å². The largest absolute Gasteiger partial charge is 0.385 e. The van der Waals surface area contributed by atoms with Crippen LogP contribution in [-0.4, -0.2) is 95.3 Å². The zero-order chi connectivity index (χ0) is 34.1. The van der Waals surface area contributed by atoms with E-state index in [-0.39, 0.29) is 49.4 Å². The summed E-state index contributed by atoms with van der Waals surface area (Å²) in [7, 11) is 3.44. The minimum absolute atomic E-state index is 0.00290. The maximum Gasteiger partial charge on any atom is 0.271 e. The minimum Gasteiger partial charge on any atom is -0.385 e. The van der Waals surface area contributed by atoms with Crippen LogP contribution in [0.2, 0.25) is 0 Å². The second-order valence-corrected chi connectivity index (χ2v) is 13.8. The van der Waals surface area contributed by atoms with Crippen LogP contribution in [0, 0.1) is 11.2 Å². The van der Waals surface area contributed by atoms with Gasteiger partial charge in [-0.3, -0.25) is 14.7 Å². The van der Waals surface area contributed by atoms with E-state index in [0.29, 0.717) is 59.9 Å². The fraction of sp³-hybridized carbons (Fsp3) is 0.486. The molecule has 3 aromatic heterocycles. The van der Waals surface area contributed by atoms with Gasteiger partial charge in [0.2, 0.25) is 0 Å². The van der Waals surface area contributed by atoms with E-state index in [1.807, 2.05) is 36.1 Å². The predicted molar refractivity (Wildman–Crippen MR) is 179 cm³/mol. The van der Waals surface area contributed by atoms with E-state index in [2.05, 4.69) is 30.8 Å². The molecule has 1 aliphatic carbocycles. The summed E-state index contributed by atoms with van der Waals surface area (Å²) >= 11 is 0. The first-order valence-electron chi connectivity index (χ1n) is 16.9. The molecule has 3 atom stereocenters. The number of hydrogen-bond donors (Lipinski definition) is 3. The molecule has 1 spiro atoms. The SMILES string of the molecule is CNc1cc(N2CCc3c(-c4ncc([C@@H](C)N5CC6(CCNCC6(F)F)C5)cc4F)cccc32)nn2c(C(=O)N[C@@H]3CC[C@H]3OC)cnc12. The Hall–Kier alpha value is -4.27. The molecular formula is C35H40F3N9O2. The van der Waals surface area contributed by atoms with Crippen LogP contribution < -0.4 is 20.9 Å². The van der Waals surface area contributed by atoms with E-state index in [1.54, 1.807) is 24.9 Å². The number of likely N-dealkylation sites (tertiary alicyclic amines) is 1. The van der Waals surface area contributed by atoms with Crippen LogP contribution in [0.25, 0.3) is 16.9 Å². The van der Waals surface area contributed by atoms with Gasteiger partial charge in [0.1, 0.15) is 11.5 Å². The van der Waals surface area contributed by atoms with Gasteiger partial charge in [-0.15, -0.1) is 5.10 Å². The molecule has 3 N–H and O–H groups in total. The Morgan fingerprint density at radius 1 is 1.16 bits per heavy atom. The lowest BCUT2D eigenvalue weighted by molar-refractivity contribution is -0.210. The molecule has 49 heavy (non-hydrogen) atoms. The third-order valence-electron chi connectivity index (χ3n) is 11.2. The highest BCUT2D eigenvalue weighted by Crippen LogP contribution is 2.51. The number of anilines is 3. The molecule has 8 rings (SSSR count). The molecule has 1 aromatic carbocycles. The number of amides is 1.